The van der Waals surface area contributed by atoms with Crippen molar-refractivity contribution in [3.63, 3.8) is 0 Å². The summed E-state index contributed by atoms with van der Waals surface area (Å²) in [6, 6.07) is 6.54. The average Bonchev–Trinajstić information content (AvgIpc) is 2.68. The largest absolute Gasteiger partial charge is 0.320 e. The summed E-state index contributed by atoms with van der Waals surface area (Å²) >= 11 is 0. The first-order valence-corrected chi connectivity index (χ1v) is 5.41. The maximum Gasteiger partial charge on any atom is 0.146 e. The number of hydrogen-bond acceptors (Lipinski definition) is 3. The van der Waals surface area contributed by atoms with Gasteiger partial charge in [0.05, 0.1) is 6.54 Å². The summed E-state index contributed by atoms with van der Waals surface area (Å²) in [5.74, 6) is 0.708. The molecule has 0 saturated heterocycles. The van der Waals surface area contributed by atoms with E-state index in [4.69, 9.17) is 0 Å². The summed E-state index contributed by atoms with van der Waals surface area (Å²) in [6.45, 7) is 1.47. The Morgan fingerprint density at radius 2 is 1.94 bits per heavy atom. The fourth-order valence-corrected chi connectivity index (χ4v) is 1.65. The minimum Gasteiger partial charge on any atom is -0.320 e. The predicted octanol–water partition coefficient (Wildman–Crippen LogP) is 1.59. The van der Waals surface area contributed by atoms with Gasteiger partial charge in [-0.3, -0.25) is 4.90 Å². The molecule has 4 nitrogen and oxygen atoms in total. The summed E-state index contributed by atoms with van der Waals surface area (Å²) in [7, 11) is 3.92. The zero-order valence-electron chi connectivity index (χ0n) is 9.97. The van der Waals surface area contributed by atoms with Gasteiger partial charge in [-0.05, 0) is 24.7 Å². The summed E-state index contributed by atoms with van der Waals surface area (Å²) < 4.78 is 14.6. The van der Waals surface area contributed by atoms with Crippen molar-refractivity contribution < 1.29 is 4.39 Å². The van der Waals surface area contributed by atoms with E-state index in [1.54, 1.807) is 18.5 Å². The highest BCUT2D eigenvalue weighted by molar-refractivity contribution is 5.15. The summed E-state index contributed by atoms with van der Waals surface area (Å²) in [4.78, 5) is 2.11. The highest BCUT2D eigenvalue weighted by Gasteiger charge is 2.06. The van der Waals surface area contributed by atoms with Crippen LogP contribution < -0.4 is 0 Å². The van der Waals surface area contributed by atoms with Crippen molar-refractivity contribution in [3.8, 4) is 0 Å². The van der Waals surface area contributed by atoms with Crippen LogP contribution in [0, 0.1) is 5.82 Å². The van der Waals surface area contributed by atoms with Crippen molar-refractivity contribution in [1.29, 1.82) is 0 Å². The van der Waals surface area contributed by atoms with Crippen molar-refractivity contribution in [2.45, 2.75) is 13.1 Å². The third kappa shape index (κ3) is 3.10. The quantitative estimate of drug-likeness (QED) is 0.805. The first-order chi connectivity index (χ1) is 8.15. The molecule has 2 aromatic rings. The molecule has 90 valence electrons. The van der Waals surface area contributed by atoms with Gasteiger partial charge in [-0.1, -0.05) is 12.1 Å². The molecule has 0 fully saturated rings. The minimum absolute atomic E-state index is 0.204. The van der Waals surface area contributed by atoms with Crippen LogP contribution in [0.3, 0.4) is 0 Å². The third-order valence-electron chi connectivity index (χ3n) is 2.58. The number of rotatable bonds is 4. The Labute approximate surface area is 99.7 Å². The van der Waals surface area contributed by atoms with E-state index in [0.29, 0.717) is 6.54 Å². The lowest BCUT2D eigenvalue weighted by atomic mass is 10.2. The molecule has 2 rings (SSSR count). The van der Waals surface area contributed by atoms with Crippen LogP contribution in [0.25, 0.3) is 0 Å². The molecule has 0 radical (unpaired) electrons. The first-order valence-electron chi connectivity index (χ1n) is 5.41. The number of nitrogens with zero attached hydrogens (tertiary/aromatic N) is 4. The van der Waals surface area contributed by atoms with Gasteiger partial charge in [0.1, 0.15) is 18.0 Å². The van der Waals surface area contributed by atoms with Crippen LogP contribution in [-0.2, 0) is 20.1 Å². The summed E-state index contributed by atoms with van der Waals surface area (Å²) in [5.41, 5.74) is 1.08. The zero-order valence-corrected chi connectivity index (χ0v) is 9.97. The molecule has 0 unspecified atom stereocenters. The fraction of sp³-hybridized carbons (Fsp3) is 0.333. The molecule has 0 amide bonds. The molecule has 17 heavy (non-hydrogen) atoms. The van der Waals surface area contributed by atoms with Crippen molar-refractivity contribution in [1.82, 2.24) is 19.7 Å². The lowest BCUT2D eigenvalue weighted by Gasteiger charge is -2.15. The van der Waals surface area contributed by atoms with Crippen LogP contribution in [0.2, 0.25) is 0 Å². The van der Waals surface area contributed by atoms with Gasteiger partial charge < -0.3 is 4.57 Å². The van der Waals surface area contributed by atoms with Crippen LogP contribution in [-0.4, -0.2) is 26.7 Å². The third-order valence-corrected chi connectivity index (χ3v) is 2.58. The Morgan fingerprint density at radius 3 is 2.53 bits per heavy atom. The molecule has 1 aromatic heterocycles. The summed E-state index contributed by atoms with van der Waals surface area (Å²) in [6.07, 6.45) is 1.68. The number of halogens is 1. The van der Waals surface area contributed by atoms with E-state index < -0.39 is 0 Å². The second-order valence-corrected chi connectivity index (χ2v) is 4.16. The van der Waals surface area contributed by atoms with Crippen molar-refractivity contribution in [2.24, 2.45) is 7.05 Å². The zero-order chi connectivity index (χ0) is 12.3. The van der Waals surface area contributed by atoms with Gasteiger partial charge in [-0.25, -0.2) is 4.39 Å². The average molecular weight is 234 g/mol. The van der Waals surface area contributed by atoms with Crippen molar-refractivity contribution >= 4 is 0 Å². The van der Waals surface area contributed by atoms with Crippen LogP contribution in [0.5, 0.6) is 0 Å². The van der Waals surface area contributed by atoms with Crippen LogP contribution in [0.15, 0.2) is 30.6 Å². The molecule has 0 atom stereocenters. The molecular weight excluding hydrogens is 219 g/mol. The van der Waals surface area contributed by atoms with Gasteiger partial charge in [-0.15, -0.1) is 10.2 Å². The smallest absolute Gasteiger partial charge is 0.146 e. The van der Waals surface area contributed by atoms with Gasteiger partial charge in [0, 0.05) is 13.6 Å². The number of hydrogen-bond donors (Lipinski definition) is 0. The highest BCUT2D eigenvalue weighted by atomic mass is 19.1. The number of benzene rings is 1. The molecule has 0 aliphatic heterocycles. The Bertz CT molecular complexity index is 478. The minimum atomic E-state index is -0.204. The standard InChI is InChI=1S/C12H15FN4/c1-16(8-12-15-14-9-17(12)2)7-10-3-5-11(13)6-4-10/h3-6,9H,7-8H2,1-2H3. The van der Waals surface area contributed by atoms with Gasteiger partial charge >= 0.3 is 0 Å². The molecule has 0 aliphatic rings. The predicted molar refractivity (Wildman–Crippen MR) is 62.6 cm³/mol. The second-order valence-electron chi connectivity index (χ2n) is 4.16. The normalized spacial score (nSPS) is 11.1. The molecule has 1 aromatic carbocycles. The van der Waals surface area contributed by atoms with E-state index in [2.05, 4.69) is 15.1 Å². The molecule has 0 bridgehead atoms. The van der Waals surface area contributed by atoms with E-state index >= 15 is 0 Å². The van der Waals surface area contributed by atoms with E-state index in [1.165, 1.54) is 12.1 Å². The lowest BCUT2D eigenvalue weighted by molar-refractivity contribution is 0.306. The summed E-state index contributed by atoms with van der Waals surface area (Å²) in [5, 5.41) is 7.85. The molecule has 0 saturated carbocycles. The SMILES string of the molecule is CN(Cc1ccc(F)cc1)Cc1nncn1C. The van der Waals surface area contributed by atoms with Crippen LogP contribution in [0.1, 0.15) is 11.4 Å². The van der Waals surface area contributed by atoms with Gasteiger partial charge in [0.15, 0.2) is 0 Å². The van der Waals surface area contributed by atoms with E-state index in [9.17, 15) is 4.39 Å². The Kier molecular flexibility index (Phi) is 3.49. The Hall–Kier alpha value is -1.75. The monoisotopic (exact) mass is 234 g/mol. The first kappa shape index (κ1) is 11.7. The van der Waals surface area contributed by atoms with Gasteiger partial charge in [0.25, 0.3) is 0 Å². The van der Waals surface area contributed by atoms with E-state index in [0.717, 1.165) is 17.9 Å². The molecule has 0 N–H and O–H groups in total. The van der Waals surface area contributed by atoms with E-state index in [1.807, 2.05) is 18.7 Å². The van der Waals surface area contributed by atoms with E-state index in [-0.39, 0.29) is 5.82 Å². The fourth-order valence-electron chi connectivity index (χ4n) is 1.65. The Balaban J connectivity index is 1.95. The van der Waals surface area contributed by atoms with Gasteiger partial charge in [-0.2, -0.15) is 0 Å². The Morgan fingerprint density at radius 1 is 1.24 bits per heavy atom. The molecular formula is C12H15FN4. The second kappa shape index (κ2) is 5.05. The van der Waals surface area contributed by atoms with Crippen molar-refractivity contribution in [3.05, 3.63) is 47.8 Å². The number of aromatic nitrogens is 3. The molecule has 0 aliphatic carbocycles. The molecule has 1 heterocycles. The maximum absolute atomic E-state index is 12.7. The number of aryl methyl sites for hydroxylation is 1. The molecule has 5 heteroatoms. The van der Waals surface area contributed by atoms with Crippen LogP contribution in [0.4, 0.5) is 4.39 Å². The van der Waals surface area contributed by atoms with Crippen LogP contribution >= 0.6 is 0 Å². The highest BCUT2D eigenvalue weighted by Crippen LogP contribution is 2.07. The maximum atomic E-state index is 12.7. The lowest BCUT2D eigenvalue weighted by Crippen LogP contribution is -2.19. The van der Waals surface area contributed by atoms with Gasteiger partial charge in [0.2, 0.25) is 0 Å². The molecule has 0 spiro atoms. The topological polar surface area (TPSA) is 34.0 Å². The van der Waals surface area contributed by atoms with Crippen molar-refractivity contribution in [2.75, 3.05) is 7.05 Å².